The standard InChI is InChI=1S/C21H23N3O3S/c1-12-5-4-6-14(7-12)24-11-13(8-17(24)26)19(27)23-20-22-15-9-21(2,3)10-16(25)18(15)28-20/h4-7,13H,8-11H2,1-3H3,(H,22,23,27). The number of hydrogen-bond donors (Lipinski definition) is 1. The number of aromatic nitrogens is 1. The third kappa shape index (κ3) is 3.58. The van der Waals surface area contributed by atoms with E-state index in [9.17, 15) is 14.4 Å². The number of nitrogens with one attached hydrogen (secondary N) is 1. The van der Waals surface area contributed by atoms with Crippen molar-refractivity contribution in [2.75, 3.05) is 16.8 Å². The van der Waals surface area contributed by atoms with E-state index in [2.05, 4.69) is 24.1 Å². The molecule has 2 heterocycles. The Hall–Kier alpha value is -2.54. The third-order valence-corrected chi connectivity index (χ3v) is 6.33. The molecule has 2 aliphatic rings. The fourth-order valence-corrected chi connectivity index (χ4v) is 4.83. The quantitative estimate of drug-likeness (QED) is 0.858. The second kappa shape index (κ2) is 6.81. The molecule has 7 heteroatoms. The lowest BCUT2D eigenvalue weighted by Gasteiger charge is -2.26. The average Bonchev–Trinajstić information content (AvgIpc) is 3.17. The van der Waals surface area contributed by atoms with Crippen LogP contribution in [-0.2, 0) is 16.0 Å². The van der Waals surface area contributed by atoms with Crippen LogP contribution in [0.2, 0.25) is 0 Å². The van der Waals surface area contributed by atoms with Crippen molar-refractivity contribution < 1.29 is 14.4 Å². The van der Waals surface area contributed by atoms with E-state index in [0.717, 1.165) is 23.4 Å². The molecule has 1 saturated heterocycles. The van der Waals surface area contributed by atoms with Crippen LogP contribution < -0.4 is 10.2 Å². The fourth-order valence-electron chi connectivity index (χ4n) is 3.91. The molecule has 0 spiro atoms. The van der Waals surface area contributed by atoms with Crippen molar-refractivity contribution in [2.45, 2.75) is 40.0 Å². The number of thiazole rings is 1. The largest absolute Gasteiger partial charge is 0.312 e. The number of carbonyl (C=O) groups excluding carboxylic acids is 3. The van der Waals surface area contributed by atoms with Crippen LogP contribution in [0.5, 0.6) is 0 Å². The number of fused-ring (bicyclic) bond motifs is 1. The summed E-state index contributed by atoms with van der Waals surface area (Å²) >= 11 is 1.24. The van der Waals surface area contributed by atoms with Gasteiger partial charge in [0.25, 0.3) is 0 Å². The molecule has 0 radical (unpaired) electrons. The molecule has 146 valence electrons. The molecule has 1 aromatic carbocycles. The van der Waals surface area contributed by atoms with Crippen molar-refractivity contribution in [1.82, 2.24) is 4.98 Å². The summed E-state index contributed by atoms with van der Waals surface area (Å²) in [6.07, 6.45) is 1.40. The highest BCUT2D eigenvalue weighted by Crippen LogP contribution is 2.38. The van der Waals surface area contributed by atoms with Gasteiger partial charge in [0.1, 0.15) is 0 Å². The molecule has 1 N–H and O–H groups in total. The summed E-state index contributed by atoms with van der Waals surface area (Å²) in [6, 6.07) is 7.71. The summed E-state index contributed by atoms with van der Waals surface area (Å²) in [5.74, 6) is -0.616. The van der Waals surface area contributed by atoms with Gasteiger partial charge in [0.05, 0.1) is 16.5 Å². The Morgan fingerprint density at radius 3 is 2.82 bits per heavy atom. The SMILES string of the molecule is Cc1cccc(N2CC(C(=O)Nc3nc4c(s3)C(=O)CC(C)(C)C4)CC2=O)c1. The summed E-state index contributed by atoms with van der Waals surface area (Å²) in [5.41, 5.74) is 2.55. The van der Waals surface area contributed by atoms with Gasteiger partial charge >= 0.3 is 0 Å². The first-order chi connectivity index (χ1) is 13.2. The highest BCUT2D eigenvalue weighted by Gasteiger charge is 2.37. The number of amides is 2. The van der Waals surface area contributed by atoms with E-state index in [0.29, 0.717) is 23.0 Å². The lowest BCUT2D eigenvalue weighted by Crippen LogP contribution is -2.28. The molecule has 1 fully saturated rings. The zero-order valence-corrected chi connectivity index (χ0v) is 17.1. The van der Waals surface area contributed by atoms with Gasteiger partial charge in [-0.25, -0.2) is 4.98 Å². The van der Waals surface area contributed by atoms with Crippen LogP contribution in [0, 0.1) is 18.3 Å². The van der Waals surface area contributed by atoms with Gasteiger partial charge in [0, 0.05) is 25.1 Å². The van der Waals surface area contributed by atoms with Crippen LogP contribution >= 0.6 is 11.3 Å². The minimum absolute atomic E-state index is 0.0545. The minimum Gasteiger partial charge on any atom is -0.312 e. The smallest absolute Gasteiger partial charge is 0.231 e. The molecule has 0 bridgehead atoms. The number of aryl methyl sites for hydroxylation is 1. The average molecular weight is 398 g/mol. The Kier molecular flexibility index (Phi) is 4.57. The third-order valence-electron chi connectivity index (χ3n) is 5.27. The minimum atomic E-state index is -0.430. The Balaban J connectivity index is 1.47. The number of rotatable bonds is 3. The maximum absolute atomic E-state index is 12.7. The van der Waals surface area contributed by atoms with Gasteiger partial charge in [-0.1, -0.05) is 37.3 Å². The van der Waals surface area contributed by atoms with Crippen molar-refractivity contribution in [3.63, 3.8) is 0 Å². The number of benzene rings is 1. The Bertz CT molecular complexity index is 979. The van der Waals surface area contributed by atoms with Crippen LogP contribution in [-0.4, -0.2) is 29.1 Å². The number of anilines is 2. The van der Waals surface area contributed by atoms with E-state index < -0.39 is 5.92 Å². The topological polar surface area (TPSA) is 79.4 Å². The zero-order valence-electron chi connectivity index (χ0n) is 16.2. The molecule has 4 rings (SSSR count). The van der Waals surface area contributed by atoms with Gasteiger partial charge in [-0.3, -0.25) is 14.4 Å². The van der Waals surface area contributed by atoms with Gasteiger partial charge in [0.15, 0.2) is 10.9 Å². The molecular formula is C21H23N3O3S. The van der Waals surface area contributed by atoms with Crippen molar-refractivity contribution in [2.24, 2.45) is 11.3 Å². The number of carbonyl (C=O) groups is 3. The molecular weight excluding hydrogens is 374 g/mol. The predicted molar refractivity (Wildman–Crippen MR) is 109 cm³/mol. The second-order valence-electron chi connectivity index (χ2n) is 8.47. The molecule has 2 aromatic rings. The normalized spacial score (nSPS) is 21.0. The fraction of sp³-hybridized carbons (Fsp3) is 0.429. The van der Waals surface area contributed by atoms with Crippen LogP contribution in [0.3, 0.4) is 0 Å². The molecule has 1 unspecified atom stereocenters. The summed E-state index contributed by atoms with van der Waals surface area (Å²) in [4.78, 5) is 44.3. The number of Topliss-reactive ketones (excluding diaryl/α,β-unsaturated/α-hetero) is 1. The van der Waals surface area contributed by atoms with Crippen molar-refractivity contribution in [3.05, 3.63) is 40.4 Å². The van der Waals surface area contributed by atoms with Crippen molar-refractivity contribution >= 4 is 39.8 Å². The van der Waals surface area contributed by atoms with Gasteiger partial charge in [-0.05, 0) is 36.5 Å². The molecule has 0 saturated carbocycles. The van der Waals surface area contributed by atoms with Crippen molar-refractivity contribution in [1.29, 1.82) is 0 Å². The van der Waals surface area contributed by atoms with E-state index in [1.807, 2.05) is 31.2 Å². The number of nitrogens with zero attached hydrogens (tertiary/aromatic N) is 2. The number of hydrogen-bond acceptors (Lipinski definition) is 5. The summed E-state index contributed by atoms with van der Waals surface area (Å²) in [7, 11) is 0. The molecule has 1 aliphatic carbocycles. The van der Waals surface area contributed by atoms with E-state index in [1.165, 1.54) is 11.3 Å². The van der Waals surface area contributed by atoms with Crippen LogP contribution in [0.1, 0.15) is 47.6 Å². The summed E-state index contributed by atoms with van der Waals surface area (Å²) in [5, 5.41) is 3.28. The maximum atomic E-state index is 12.7. The Morgan fingerprint density at radius 2 is 2.07 bits per heavy atom. The number of ketones is 1. The van der Waals surface area contributed by atoms with Crippen LogP contribution in [0.4, 0.5) is 10.8 Å². The summed E-state index contributed by atoms with van der Waals surface area (Å²) < 4.78 is 0. The first-order valence-corrected chi connectivity index (χ1v) is 10.2. The van der Waals surface area contributed by atoms with E-state index in [4.69, 9.17) is 0 Å². The first-order valence-electron chi connectivity index (χ1n) is 9.43. The Morgan fingerprint density at radius 1 is 1.29 bits per heavy atom. The second-order valence-corrected chi connectivity index (χ2v) is 9.47. The zero-order chi connectivity index (χ0) is 20.1. The highest BCUT2D eigenvalue weighted by molar-refractivity contribution is 7.17. The Labute approximate surface area is 168 Å². The van der Waals surface area contributed by atoms with Gasteiger partial charge in [-0.15, -0.1) is 0 Å². The predicted octanol–water partition coefficient (Wildman–Crippen LogP) is 3.60. The first kappa shape index (κ1) is 18.8. The molecule has 2 amide bonds. The van der Waals surface area contributed by atoms with Crippen LogP contribution in [0.25, 0.3) is 0 Å². The molecule has 6 nitrogen and oxygen atoms in total. The molecule has 1 atom stereocenters. The van der Waals surface area contributed by atoms with E-state index in [1.54, 1.807) is 4.90 Å². The lowest BCUT2D eigenvalue weighted by atomic mass is 9.78. The maximum Gasteiger partial charge on any atom is 0.231 e. The lowest BCUT2D eigenvalue weighted by molar-refractivity contribution is -0.122. The molecule has 28 heavy (non-hydrogen) atoms. The molecule has 1 aliphatic heterocycles. The summed E-state index contributed by atoms with van der Waals surface area (Å²) in [6.45, 7) is 6.43. The van der Waals surface area contributed by atoms with Gasteiger partial charge in [0.2, 0.25) is 11.8 Å². The molecule has 1 aromatic heterocycles. The van der Waals surface area contributed by atoms with Crippen molar-refractivity contribution in [3.8, 4) is 0 Å². The van der Waals surface area contributed by atoms with Gasteiger partial charge in [-0.2, -0.15) is 0 Å². The van der Waals surface area contributed by atoms with Gasteiger partial charge < -0.3 is 10.2 Å². The van der Waals surface area contributed by atoms with Crippen LogP contribution in [0.15, 0.2) is 24.3 Å². The highest BCUT2D eigenvalue weighted by atomic mass is 32.1. The monoisotopic (exact) mass is 397 g/mol. The van der Waals surface area contributed by atoms with E-state index in [-0.39, 0.29) is 29.4 Å². The van der Waals surface area contributed by atoms with E-state index >= 15 is 0 Å².